The number of carboxylic acids is 1. The number of hydroxylamine groups is 2. The van der Waals surface area contributed by atoms with Crippen LogP contribution >= 0.6 is 0 Å². The lowest BCUT2D eigenvalue weighted by atomic mass is 9.90. The molecule has 0 aliphatic carbocycles. The number of nitrogens with one attached hydrogen (secondary N) is 3. The topological polar surface area (TPSA) is 214 Å². The molecule has 0 radical (unpaired) electrons. The molecule has 0 saturated heterocycles. The predicted molar refractivity (Wildman–Crippen MR) is 177 cm³/mol. The van der Waals surface area contributed by atoms with E-state index in [2.05, 4.69) is 16.0 Å². The largest absolute Gasteiger partial charge is 0.494 e. The van der Waals surface area contributed by atoms with Crippen LogP contribution in [0, 0.1) is 5.92 Å². The number of furan rings is 1. The average molecular weight is 689 g/mol. The zero-order chi connectivity index (χ0) is 36.7. The van der Waals surface area contributed by atoms with Crippen molar-refractivity contribution in [3.63, 3.8) is 0 Å². The molecule has 0 spiro atoms. The van der Waals surface area contributed by atoms with Gasteiger partial charge in [-0.3, -0.25) is 29.2 Å². The summed E-state index contributed by atoms with van der Waals surface area (Å²) < 4.78 is 16.6. The molecule has 5 N–H and O–H groups in total. The SMILES string of the molecule is CCCCC[C@@H](C(=O)NCNC(=O)c1ccc(-c2cc(OCC)cc(C(=O)N[C@@H](CC(=O)O)C(=O)OC(C)(C)C)c2)o1)[C@@H](CC)N(O)C=O. The fraction of sp³-hybridized carbons (Fsp3) is 0.529. The molecule has 0 bridgehead atoms. The van der Waals surface area contributed by atoms with Gasteiger partial charge in [-0.25, -0.2) is 9.86 Å². The van der Waals surface area contributed by atoms with Crippen LogP contribution in [0.3, 0.4) is 0 Å². The number of rotatable bonds is 20. The summed E-state index contributed by atoms with van der Waals surface area (Å²) in [7, 11) is 0. The second-order valence-corrected chi connectivity index (χ2v) is 12.3. The third-order valence-corrected chi connectivity index (χ3v) is 7.27. The summed E-state index contributed by atoms with van der Waals surface area (Å²) in [6.07, 6.45) is 2.88. The van der Waals surface area contributed by atoms with Gasteiger partial charge < -0.3 is 34.9 Å². The van der Waals surface area contributed by atoms with Gasteiger partial charge in [0.1, 0.15) is 23.2 Å². The highest BCUT2D eigenvalue weighted by molar-refractivity contribution is 5.99. The van der Waals surface area contributed by atoms with E-state index in [1.54, 1.807) is 40.7 Å². The van der Waals surface area contributed by atoms with E-state index in [9.17, 15) is 39.1 Å². The van der Waals surface area contributed by atoms with Gasteiger partial charge >= 0.3 is 11.9 Å². The maximum atomic E-state index is 13.2. The average Bonchev–Trinajstić information content (AvgIpc) is 3.53. The zero-order valence-corrected chi connectivity index (χ0v) is 28.9. The molecule has 15 heteroatoms. The molecule has 15 nitrogen and oxygen atoms in total. The molecule has 1 aromatic carbocycles. The third-order valence-electron chi connectivity index (χ3n) is 7.27. The monoisotopic (exact) mass is 688 g/mol. The van der Waals surface area contributed by atoms with Crippen LogP contribution in [-0.2, 0) is 23.9 Å². The number of esters is 1. The number of amides is 4. The maximum Gasteiger partial charge on any atom is 0.329 e. The van der Waals surface area contributed by atoms with Gasteiger partial charge in [-0.1, -0.05) is 33.1 Å². The normalized spacial score (nSPS) is 13.0. The van der Waals surface area contributed by atoms with Gasteiger partial charge in [0.15, 0.2) is 5.76 Å². The molecular weight excluding hydrogens is 640 g/mol. The number of unbranched alkanes of at least 4 members (excludes halogenated alkanes) is 2. The Balaban J connectivity index is 2.20. The van der Waals surface area contributed by atoms with E-state index < -0.39 is 59.7 Å². The molecule has 49 heavy (non-hydrogen) atoms. The minimum absolute atomic E-state index is 0.0277. The van der Waals surface area contributed by atoms with Crippen LogP contribution in [-0.4, -0.2) is 82.4 Å². The first-order chi connectivity index (χ1) is 23.1. The van der Waals surface area contributed by atoms with Crippen LogP contribution in [0.15, 0.2) is 34.7 Å². The van der Waals surface area contributed by atoms with E-state index in [4.69, 9.17) is 13.9 Å². The van der Waals surface area contributed by atoms with Crippen molar-refractivity contribution in [2.75, 3.05) is 13.3 Å². The summed E-state index contributed by atoms with van der Waals surface area (Å²) >= 11 is 0. The summed E-state index contributed by atoms with van der Waals surface area (Å²) in [5.74, 6) is -4.39. The summed E-state index contributed by atoms with van der Waals surface area (Å²) in [5, 5.41) is 27.4. The van der Waals surface area contributed by atoms with Crippen LogP contribution < -0.4 is 20.7 Å². The molecule has 0 unspecified atom stereocenters. The van der Waals surface area contributed by atoms with E-state index in [1.807, 2.05) is 6.92 Å². The van der Waals surface area contributed by atoms with Gasteiger partial charge in [0.05, 0.1) is 31.7 Å². The smallest absolute Gasteiger partial charge is 0.329 e. The lowest BCUT2D eigenvalue weighted by molar-refractivity contribution is -0.168. The first kappa shape index (κ1) is 40.3. The minimum atomic E-state index is -1.46. The van der Waals surface area contributed by atoms with Gasteiger partial charge in [0.25, 0.3) is 11.8 Å². The summed E-state index contributed by atoms with van der Waals surface area (Å²) in [6.45, 7) is 10.4. The Bertz CT molecular complexity index is 1450. The molecule has 2 rings (SSSR count). The number of hydrogen-bond donors (Lipinski definition) is 5. The van der Waals surface area contributed by atoms with Crippen LogP contribution in [0.25, 0.3) is 11.3 Å². The van der Waals surface area contributed by atoms with Gasteiger partial charge in [-0.05, 0) is 70.9 Å². The van der Waals surface area contributed by atoms with Crippen molar-refractivity contribution < 1.29 is 53.0 Å². The Morgan fingerprint density at radius 1 is 1.00 bits per heavy atom. The Morgan fingerprint density at radius 3 is 2.31 bits per heavy atom. The number of ether oxygens (including phenoxy) is 2. The number of aliphatic carboxylic acids is 1. The Morgan fingerprint density at radius 2 is 1.71 bits per heavy atom. The molecule has 0 saturated carbocycles. The van der Waals surface area contributed by atoms with Crippen molar-refractivity contribution in [2.24, 2.45) is 5.92 Å². The second kappa shape index (κ2) is 19.2. The first-order valence-electron chi connectivity index (χ1n) is 16.3. The highest BCUT2D eigenvalue weighted by Gasteiger charge is 2.31. The first-order valence-corrected chi connectivity index (χ1v) is 16.3. The van der Waals surface area contributed by atoms with Crippen LogP contribution in [0.2, 0.25) is 0 Å². The predicted octanol–water partition coefficient (Wildman–Crippen LogP) is 3.89. The van der Waals surface area contributed by atoms with E-state index in [-0.39, 0.29) is 42.5 Å². The molecule has 4 amide bonds. The molecule has 0 aliphatic rings. The Labute approximate surface area is 285 Å². The van der Waals surface area contributed by atoms with Crippen molar-refractivity contribution >= 4 is 36.1 Å². The third kappa shape index (κ3) is 12.9. The van der Waals surface area contributed by atoms with Crippen molar-refractivity contribution in [1.82, 2.24) is 21.0 Å². The van der Waals surface area contributed by atoms with Crippen molar-refractivity contribution in [3.05, 3.63) is 41.7 Å². The van der Waals surface area contributed by atoms with E-state index in [0.717, 1.165) is 19.3 Å². The summed E-state index contributed by atoms with van der Waals surface area (Å²) in [4.78, 5) is 74.4. The van der Waals surface area contributed by atoms with Crippen LogP contribution in [0.4, 0.5) is 0 Å². The number of benzene rings is 1. The van der Waals surface area contributed by atoms with Crippen LogP contribution in [0.1, 0.15) is 101 Å². The molecule has 2 aromatic rings. The lowest BCUT2D eigenvalue weighted by Gasteiger charge is -2.29. The maximum absolute atomic E-state index is 13.2. The summed E-state index contributed by atoms with van der Waals surface area (Å²) in [5.41, 5.74) is -0.539. The standard InChI is InChI=1S/C34H48N4O11/c1-7-10-11-12-24(26(8-2)38(46)20-39)31(43)35-19-36-32(44)28-14-13-27(48-28)21-15-22(17-23(16-21)47-9-3)30(42)37-25(18-29(40)41)33(45)49-34(4,5)6/h13-17,20,24-26,46H,7-12,18-19H2,1-6H3,(H,35,43)(H,36,44)(H,37,42)(H,40,41)/t24-,25+,26-/m1/s1. The quantitative estimate of drug-likeness (QED) is 0.0336. The van der Waals surface area contributed by atoms with Crippen molar-refractivity contribution in [2.45, 2.75) is 97.8 Å². The van der Waals surface area contributed by atoms with Gasteiger partial charge in [-0.15, -0.1) is 0 Å². The molecule has 3 atom stereocenters. The lowest BCUT2D eigenvalue weighted by Crippen LogP contribution is -2.47. The number of nitrogens with zero attached hydrogens (tertiary/aromatic N) is 1. The van der Waals surface area contributed by atoms with E-state index in [0.29, 0.717) is 23.5 Å². The highest BCUT2D eigenvalue weighted by Crippen LogP contribution is 2.28. The minimum Gasteiger partial charge on any atom is -0.494 e. The molecule has 270 valence electrons. The number of carbonyl (C=O) groups is 6. The second-order valence-electron chi connectivity index (χ2n) is 12.3. The van der Waals surface area contributed by atoms with Gasteiger partial charge in [-0.2, -0.15) is 0 Å². The van der Waals surface area contributed by atoms with E-state index >= 15 is 0 Å². The number of carbonyl (C=O) groups excluding carboxylic acids is 5. The fourth-order valence-electron chi connectivity index (χ4n) is 5.00. The fourth-order valence-corrected chi connectivity index (χ4v) is 5.00. The van der Waals surface area contributed by atoms with Gasteiger partial charge in [0.2, 0.25) is 12.3 Å². The Kier molecular flexibility index (Phi) is 15.7. The number of carboxylic acid groups (broad SMARTS) is 1. The van der Waals surface area contributed by atoms with Crippen LogP contribution in [0.5, 0.6) is 5.75 Å². The van der Waals surface area contributed by atoms with Gasteiger partial charge in [0, 0.05) is 11.1 Å². The molecular formula is C34H48N4O11. The molecule has 1 aromatic heterocycles. The molecule has 0 fully saturated rings. The molecule has 1 heterocycles. The zero-order valence-electron chi connectivity index (χ0n) is 28.9. The van der Waals surface area contributed by atoms with Crippen molar-refractivity contribution in [3.8, 4) is 17.1 Å². The Hall–Kier alpha value is -4.92. The molecule has 0 aliphatic heterocycles. The van der Waals surface area contributed by atoms with Crippen molar-refractivity contribution in [1.29, 1.82) is 0 Å². The van der Waals surface area contributed by atoms with E-state index in [1.165, 1.54) is 24.3 Å². The number of hydrogen-bond acceptors (Lipinski definition) is 10. The highest BCUT2D eigenvalue weighted by atomic mass is 16.6. The summed E-state index contributed by atoms with van der Waals surface area (Å²) in [6, 6.07) is 5.14.